The maximum atomic E-state index is 12.2. The molecule has 1 aliphatic carbocycles. The van der Waals surface area contributed by atoms with Crippen LogP contribution in [0.15, 0.2) is 17.2 Å². The van der Waals surface area contributed by atoms with E-state index < -0.39 is 28.1 Å². The van der Waals surface area contributed by atoms with E-state index in [0.29, 0.717) is 12.8 Å². The van der Waals surface area contributed by atoms with Gasteiger partial charge in [0.25, 0.3) is 5.91 Å². The van der Waals surface area contributed by atoms with Crippen molar-refractivity contribution in [1.82, 2.24) is 9.29 Å². The minimum atomic E-state index is -3.77. The van der Waals surface area contributed by atoms with E-state index >= 15 is 0 Å². The third kappa shape index (κ3) is 3.02. The van der Waals surface area contributed by atoms with E-state index in [1.54, 1.807) is 7.05 Å². The number of amides is 1. The fraction of sp³-hybridized carbons (Fsp3) is 0.583. The zero-order valence-corrected chi connectivity index (χ0v) is 12.1. The van der Waals surface area contributed by atoms with Gasteiger partial charge >= 0.3 is 0 Å². The van der Waals surface area contributed by atoms with Gasteiger partial charge in [0, 0.05) is 19.3 Å². The molecule has 0 aromatic carbocycles. The highest BCUT2D eigenvalue weighted by atomic mass is 32.2. The molecule has 0 radical (unpaired) electrons. The average Bonchev–Trinajstić information content (AvgIpc) is 2.75. The highest BCUT2D eigenvalue weighted by Crippen LogP contribution is 2.21. The Morgan fingerprint density at radius 2 is 2.10 bits per heavy atom. The molecule has 2 rings (SSSR count). The van der Waals surface area contributed by atoms with Gasteiger partial charge in [-0.3, -0.25) is 4.79 Å². The number of nitrogens with one attached hydrogen (secondary N) is 1. The average molecular weight is 301 g/mol. The summed E-state index contributed by atoms with van der Waals surface area (Å²) < 4.78 is 28.4. The Balaban J connectivity index is 2.22. The van der Waals surface area contributed by atoms with Gasteiger partial charge in [-0.15, -0.1) is 0 Å². The molecular formula is C12H19N3O4S. The fourth-order valence-electron chi connectivity index (χ4n) is 2.44. The summed E-state index contributed by atoms with van der Waals surface area (Å²) in [4.78, 5) is 11.1. The number of nitrogens with two attached hydrogens (primary N) is 1. The van der Waals surface area contributed by atoms with Crippen LogP contribution in [0, 0.1) is 0 Å². The molecule has 0 unspecified atom stereocenters. The normalized spacial score (nSPS) is 23.7. The van der Waals surface area contributed by atoms with Crippen molar-refractivity contribution in [1.29, 1.82) is 0 Å². The molecule has 1 aliphatic rings. The van der Waals surface area contributed by atoms with Gasteiger partial charge in [-0.25, -0.2) is 13.1 Å². The molecule has 0 spiro atoms. The summed E-state index contributed by atoms with van der Waals surface area (Å²) in [5.74, 6) is -0.688. The van der Waals surface area contributed by atoms with Gasteiger partial charge in [0.15, 0.2) is 0 Å². The number of hydrogen-bond acceptors (Lipinski definition) is 4. The van der Waals surface area contributed by atoms with Crippen LogP contribution in [0.5, 0.6) is 0 Å². The lowest BCUT2D eigenvalue weighted by Crippen LogP contribution is -2.44. The first-order chi connectivity index (χ1) is 9.31. The molecule has 1 heterocycles. The predicted octanol–water partition coefficient (Wildman–Crippen LogP) is -0.294. The molecule has 0 bridgehead atoms. The first kappa shape index (κ1) is 15.0. The van der Waals surface area contributed by atoms with Gasteiger partial charge < -0.3 is 15.4 Å². The van der Waals surface area contributed by atoms with Crippen molar-refractivity contribution in [3.05, 3.63) is 18.0 Å². The summed E-state index contributed by atoms with van der Waals surface area (Å²) in [6.45, 7) is 0. The third-order valence-electron chi connectivity index (χ3n) is 3.58. The molecule has 7 nitrogen and oxygen atoms in total. The van der Waals surface area contributed by atoms with Gasteiger partial charge in [0.2, 0.25) is 10.0 Å². The van der Waals surface area contributed by atoms with Gasteiger partial charge in [-0.2, -0.15) is 0 Å². The van der Waals surface area contributed by atoms with Crippen LogP contribution in [0.1, 0.15) is 36.2 Å². The molecule has 0 aliphatic heterocycles. The van der Waals surface area contributed by atoms with Crippen molar-refractivity contribution >= 4 is 15.9 Å². The minimum Gasteiger partial charge on any atom is -0.391 e. The van der Waals surface area contributed by atoms with Crippen LogP contribution in [0.2, 0.25) is 0 Å². The van der Waals surface area contributed by atoms with Crippen molar-refractivity contribution in [2.75, 3.05) is 0 Å². The Labute approximate surface area is 117 Å². The standard InChI is InChI=1S/C12H19N3O4S/c1-15-7-8(6-10(15)12(13)17)20(18,19)14-9-4-2-3-5-11(9)16/h6-7,9,11,14,16H,2-5H2,1H3,(H2,13,17)/t9-,11-/m1/s1. The molecule has 0 saturated heterocycles. The van der Waals surface area contributed by atoms with Gasteiger partial charge in [0.1, 0.15) is 10.6 Å². The number of primary amides is 1. The molecule has 8 heteroatoms. The lowest BCUT2D eigenvalue weighted by atomic mass is 9.93. The number of sulfonamides is 1. The number of aromatic nitrogens is 1. The van der Waals surface area contributed by atoms with E-state index in [9.17, 15) is 18.3 Å². The van der Waals surface area contributed by atoms with Crippen LogP contribution in [-0.2, 0) is 17.1 Å². The third-order valence-corrected chi connectivity index (χ3v) is 5.04. The van der Waals surface area contributed by atoms with Crippen LogP contribution in [0.3, 0.4) is 0 Å². The maximum Gasteiger partial charge on any atom is 0.265 e. The Morgan fingerprint density at radius 1 is 1.45 bits per heavy atom. The summed E-state index contributed by atoms with van der Waals surface area (Å²) in [7, 11) is -2.22. The number of carbonyl (C=O) groups is 1. The summed E-state index contributed by atoms with van der Waals surface area (Å²) in [6, 6.07) is 0.755. The van der Waals surface area contributed by atoms with E-state index in [4.69, 9.17) is 5.73 Å². The number of aliphatic hydroxyl groups excluding tert-OH is 1. The van der Waals surface area contributed by atoms with Crippen molar-refractivity contribution < 1.29 is 18.3 Å². The fourth-order valence-corrected chi connectivity index (χ4v) is 3.82. The molecule has 4 N–H and O–H groups in total. The van der Waals surface area contributed by atoms with Crippen LogP contribution >= 0.6 is 0 Å². The van der Waals surface area contributed by atoms with Crippen LogP contribution in [-0.4, -0.2) is 36.1 Å². The first-order valence-electron chi connectivity index (χ1n) is 6.48. The van der Waals surface area contributed by atoms with Crippen molar-refractivity contribution in [3.8, 4) is 0 Å². The van der Waals surface area contributed by atoms with E-state index in [1.807, 2.05) is 0 Å². The Morgan fingerprint density at radius 3 is 2.65 bits per heavy atom. The lowest BCUT2D eigenvalue weighted by Gasteiger charge is -2.27. The van der Waals surface area contributed by atoms with Gasteiger partial charge in [0.05, 0.1) is 6.10 Å². The second-order valence-electron chi connectivity index (χ2n) is 5.12. The Bertz CT molecular complexity index is 608. The van der Waals surface area contributed by atoms with Crippen LogP contribution in [0.25, 0.3) is 0 Å². The summed E-state index contributed by atoms with van der Waals surface area (Å²) in [5, 5.41) is 9.82. The highest BCUT2D eigenvalue weighted by molar-refractivity contribution is 7.89. The van der Waals surface area contributed by atoms with E-state index in [0.717, 1.165) is 12.8 Å². The molecule has 1 aromatic heterocycles. The van der Waals surface area contributed by atoms with Crippen molar-refractivity contribution in [2.45, 2.75) is 42.7 Å². The minimum absolute atomic E-state index is 0.0217. The number of aliphatic hydroxyl groups is 1. The molecule has 1 fully saturated rings. The first-order valence-corrected chi connectivity index (χ1v) is 7.96. The smallest absolute Gasteiger partial charge is 0.265 e. The Kier molecular flexibility index (Phi) is 4.17. The number of nitrogens with zero attached hydrogens (tertiary/aromatic N) is 1. The second kappa shape index (κ2) is 5.55. The van der Waals surface area contributed by atoms with Gasteiger partial charge in [-0.1, -0.05) is 12.8 Å². The second-order valence-corrected chi connectivity index (χ2v) is 6.83. The largest absolute Gasteiger partial charge is 0.391 e. The number of hydrogen-bond donors (Lipinski definition) is 3. The van der Waals surface area contributed by atoms with Crippen molar-refractivity contribution in [3.63, 3.8) is 0 Å². The molecule has 1 aromatic rings. The van der Waals surface area contributed by atoms with Crippen molar-refractivity contribution in [2.24, 2.45) is 12.8 Å². The van der Waals surface area contributed by atoms with Crippen LogP contribution in [0.4, 0.5) is 0 Å². The summed E-state index contributed by atoms with van der Waals surface area (Å²) in [5.41, 5.74) is 5.28. The highest BCUT2D eigenvalue weighted by Gasteiger charge is 2.29. The summed E-state index contributed by atoms with van der Waals surface area (Å²) >= 11 is 0. The molecular weight excluding hydrogens is 282 g/mol. The Hall–Kier alpha value is -1.38. The van der Waals surface area contributed by atoms with E-state index in [1.165, 1.54) is 16.8 Å². The summed E-state index contributed by atoms with van der Waals surface area (Å²) in [6.07, 6.45) is 3.64. The lowest BCUT2D eigenvalue weighted by molar-refractivity contribution is 0.0992. The molecule has 1 amide bonds. The zero-order valence-electron chi connectivity index (χ0n) is 11.2. The van der Waals surface area contributed by atoms with Gasteiger partial charge in [-0.05, 0) is 18.9 Å². The number of aryl methyl sites for hydroxylation is 1. The number of carbonyl (C=O) groups excluding carboxylic acids is 1. The molecule has 112 valence electrons. The zero-order chi connectivity index (χ0) is 14.9. The monoisotopic (exact) mass is 301 g/mol. The van der Waals surface area contributed by atoms with Crippen LogP contribution < -0.4 is 10.5 Å². The molecule has 20 heavy (non-hydrogen) atoms. The molecule has 1 saturated carbocycles. The SMILES string of the molecule is Cn1cc(S(=O)(=O)N[C@@H]2CCCC[C@H]2O)cc1C(N)=O. The predicted molar refractivity (Wildman–Crippen MR) is 72.5 cm³/mol. The topological polar surface area (TPSA) is 114 Å². The number of rotatable bonds is 4. The quantitative estimate of drug-likeness (QED) is 0.708. The maximum absolute atomic E-state index is 12.2. The molecule has 2 atom stereocenters. The van der Waals surface area contributed by atoms with E-state index in [2.05, 4.69) is 4.72 Å². The van der Waals surface area contributed by atoms with E-state index in [-0.39, 0.29) is 10.6 Å².